The van der Waals surface area contributed by atoms with Crippen LogP contribution in [-0.2, 0) is 30.3 Å². The maximum atomic E-state index is 13.1. The maximum absolute atomic E-state index is 13.1. The van der Waals surface area contributed by atoms with Gasteiger partial charge in [0, 0.05) is 5.02 Å². The molecule has 0 atom stereocenters. The molecule has 0 fully saturated rings. The molecule has 0 saturated carbocycles. The summed E-state index contributed by atoms with van der Waals surface area (Å²) in [5.74, 6) is -0.998. The number of hydrogen-bond acceptors (Lipinski definition) is 9. The van der Waals surface area contributed by atoms with Crippen LogP contribution in [0.3, 0.4) is 0 Å². The first-order chi connectivity index (χ1) is 18.5. The Bertz CT molecular complexity index is 2030. The summed E-state index contributed by atoms with van der Waals surface area (Å²) in [6.07, 6.45) is 0. The van der Waals surface area contributed by atoms with E-state index in [2.05, 4.69) is 15.0 Å². The highest BCUT2D eigenvalue weighted by molar-refractivity contribution is 7.92. The lowest BCUT2D eigenvalue weighted by Gasteiger charge is -2.16. The quantitative estimate of drug-likeness (QED) is 0.140. The third-order valence-electron chi connectivity index (χ3n) is 5.44. The van der Waals surface area contributed by atoms with Gasteiger partial charge >= 0.3 is 0 Å². The minimum absolute atomic E-state index is 0.00568. The Morgan fingerprint density at radius 1 is 0.775 bits per heavy atom. The second-order valence-electron chi connectivity index (χ2n) is 8.31. The molecule has 0 unspecified atom stereocenters. The van der Waals surface area contributed by atoms with E-state index in [1.54, 1.807) is 6.92 Å². The summed E-state index contributed by atoms with van der Waals surface area (Å²) in [6, 6.07) is 11.8. The van der Waals surface area contributed by atoms with Crippen LogP contribution in [0.15, 0.2) is 85.6 Å². The van der Waals surface area contributed by atoms with Gasteiger partial charge in [0.05, 0.1) is 25.9 Å². The molecule has 40 heavy (non-hydrogen) atoms. The van der Waals surface area contributed by atoms with Crippen molar-refractivity contribution in [2.45, 2.75) is 21.6 Å². The monoisotopic (exact) mass is 645 g/mol. The van der Waals surface area contributed by atoms with E-state index < -0.39 is 67.9 Å². The van der Waals surface area contributed by atoms with Gasteiger partial charge in [-0.05, 0) is 60.8 Å². The van der Waals surface area contributed by atoms with Crippen LogP contribution in [0.5, 0.6) is 5.75 Å². The Morgan fingerprint density at radius 3 is 2.00 bits per heavy atom. The molecule has 0 heterocycles. The number of aromatic hydroxyl groups is 1. The smallest absolute Gasteiger partial charge is 0.296 e. The minimum atomic E-state index is -5.13. The number of nitrogens with zero attached hydrogens (tertiary/aromatic N) is 2. The number of azo groups is 1. The van der Waals surface area contributed by atoms with Crippen molar-refractivity contribution in [2.75, 3.05) is 4.72 Å². The van der Waals surface area contributed by atoms with Crippen LogP contribution in [0.25, 0.3) is 10.8 Å². The van der Waals surface area contributed by atoms with Gasteiger partial charge in [0.2, 0.25) is 0 Å². The van der Waals surface area contributed by atoms with Gasteiger partial charge in [0.15, 0.2) is 5.75 Å². The highest BCUT2D eigenvalue weighted by Crippen LogP contribution is 2.46. The van der Waals surface area contributed by atoms with E-state index in [0.717, 1.165) is 17.7 Å². The number of phenolic OH excluding ortho intramolecular Hbond substituents is 1. The van der Waals surface area contributed by atoms with E-state index in [1.165, 1.54) is 42.5 Å². The summed E-state index contributed by atoms with van der Waals surface area (Å²) in [6.45, 7) is 1.73. The summed E-state index contributed by atoms with van der Waals surface area (Å²) >= 11 is 11.9. The van der Waals surface area contributed by atoms with Crippen molar-refractivity contribution in [3.05, 3.63) is 76.3 Å². The highest BCUT2D eigenvalue weighted by Gasteiger charge is 2.27. The first kappa shape index (κ1) is 29.7. The fourth-order valence-corrected chi connectivity index (χ4v) is 6.28. The fraction of sp³-hybridized carbons (Fsp3) is 0.0435. The molecule has 0 amide bonds. The molecule has 0 saturated heterocycles. The molecular formula is C23H17Cl2N3O9S3. The van der Waals surface area contributed by atoms with Gasteiger partial charge < -0.3 is 5.11 Å². The van der Waals surface area contributed by atoms with Crippen molar-refractivity contribution in [1.82, 2.24) is 0 Å². The molecule has 210 valence electrons. The molecule has 0 spiro atoms. The zero-order valence-electron chi connectivity index (χ0n) is 19.9. The van der Waals surface area contributed by atoms with Gasteiger partial charge in [-0.25, -0.2) is 8.42 Å². The molecule has 17 heteroatoms. The number of fused-ring (bicyclic) bond motifs is 1. The summed E-state index contributed by atoms with van der Waals surface area (Å²) in [7, 11) is -14.5. The summed E-state index contributed by atoms with van der Waals surface area (Å²) in [5, 5.41) is 18.1. The lowest BCUT2D eigenvalue weighted by atomic mass is 10.1. The number of phenols is 1. The third-order valence-corrected chi connectivity index (χ3v) is 9.06. The van der Waals surface area contributed by atoms with Crippen molar-refractivity contribution in [3.63, 3.8) is 0 Å². The van der Waals surface area contributed by atoms with Crippen LogP contribution in [-0.4, -0.2) is 39.5 Å². The van der Waals surface area contributed by atoms with Crippen LogP contribution < -0.4 is 4.72 Å². The first-order valence-corrected chi connectivity index (χ1v) is 15.8. The molecule has 0 bridgehead atoms. The van der Waals surface area contributed by atoms with E-state index in [9.17, 15) is 39.5 Å². The molecule has 0 radical (unpaired) electrons. The summed E-state index contributed by atoms with van der Waals surface area (Å²) in [5.41, 5.74) is -0.639. The van der Waals surface area contributed by atoms with Crippen molar-refractivity contribution >= 4 is 81.3 Å². The number of rotatable bonds is 7. The normalized spacial score (nSPS) is 12.7. The number of nitrogens with one attached hydrogen (secondary N) is 1. The Hall–Kier alpha value is -3.31. The Labute approximate surface area is 238 Å². The van der Waals surface area contributed by atoms with Crippen LogP contribution in [0.1, 0.15) is 5.56 Å². The van der Waals surface area contributed by atoms with Gasteiger partial charge in [-0.2, -0.15) is 16.8 Å². The zero-order valence-corrected chi connectivity index (χ0v) is 23.9. The first-order valence-electron chi connectivity index (χ1n) is 10.7. The second-order valence-corrected chi connectivity index (χ2v) is 13.6. The average Bonchev–Trinajstić information content (AvgIpc) is 2.83. The van der Waals surface area contributed by atoms with Crippen LogP contribution >= 0.6 is 23.2 Å². The Kier molecular flexibility index (Phi) is 7.85. The molecule has 0 aliphatic rings. The topological polar surface area (TPSA) is 200 Å². The van der Waals surface area contributed by atoms with Gasteiger partial charge in [-0.3, -0.25) is 13.8 Å². The average molecular weight is 647 g/mol. The SMILES string of the molecule is Cc1ccc(S(=O)(=O)Nc2cc(S(=O)(=O)O)cc3cc(S(=O)(=O)O)c(N=Nc4ccc(Cl)cc4Cl)c(O)c23)cc1. The number of hydrogen-bond donors (Lipinski definition) is 4. The van der Waals surface area contributed by atoms with Crippen LogP contribution in [0.4, 0.5) is 17.1 Å². The van der Waals surface area contributed by atoms with Gasteiger partial charge in [-0.1, -0.05) is 40.9 Å². The van der Waals surface area contributed by atoms with Gasteiger partial charge in [-0.15, -0.1) is 10.2 Å². The molecule has 4 aromatic carbocycles. The molecule has 12 nitrogen and oxygen atoms in total. The lowest BCUT2D eigenvalue weighted by Crippen LogP contribution is -2.14. The molecular weight excluding hydrogens is 629 g/mol. The van der Waals surface area contributed by atoms with Crippen LogP contribution in [0, 0.1) is 6.92 Å². The van der Waals surface area contributed by atoms with Crippen molar-refractivity contribution < 1.29 is 39.5 Å². The molecule has 0 aliphatic carbocycles. The van der Waals surface area contributed by atoms with E-state index in [0.29, 0.717) is 6.07 Å². The number of benzene rings is 4. The van der Waals surface area contributed by atoms with Gasteiger partial charge in [0.1, 0.15) is 16.3 Å². The molecule has 0 aliphatic heterocycles. The molecule has 4 rings (SSSR count). The zero-order chi connectivity index (χ0) is 29.6. The van der Waals surface area contributed by atoms with Crippen molar-refractivity contribution in [3.8, 4) is 5.75 Å². The van der Waals surface area contributed by atoms with Crippen LogP contribution in [0.2, 0.25) is 10.0 Å². The molecule has 0 aromatic heterocycles. The van der Waals surface area contributed by atoms with E-state index >= 15 is 0 Å². The highest BCUT2D eigenvalue weighted by atomic mass is 35.5. The van der Waals surface area contributed by atoms with E-state index in [1.807, 2.05) is 0 Å². The number of anilines is 1. The number of sulfonamides is 1. The van der Waals surface area contributed by atoms with E-state index in [4.69, 9.17) is 23.2 Å². The second kappa shape index (κ2) is 10.6. The minimum Gasteiger partial charge on any atom is -0.505 e. The fourth-order valence-electron chi connectivity index (χ4n) is 3.57. The Morgan fingerprint density at radius 2 is 1.43 bits per heavy atom. The maximum Gasteiger partial charge on any atom is 0.296 e. The summed E-state index contributed by atoms with van der Waals surface area (Å²) < 4.78 is 96.1. The molecule has 4 aromatic rings. The predicted molar refractivity (Wildman–Crippen MR) is 148 cm³/mol. The van der Waals surface area contributed by atoms with Crippen molar-refractivity contribution in [2.24, 2.45) is 10.2 Å². The van der Waals surface area contributed by atoms with Crippen molar-refractivity contribution in [1.29, 1.82) is 0 Å². The molecule has 4 N–H and O–H groups in total. The predicted octanol–water partition coefficient (Wildman–Crippen LogP) is 5.87. The van der Waals surface area contributed by atoms with Gasteiger partial charge in [0.25, 0.3) is 30.3 Å². The Balaban J connectivity index is 2.03. The number of aryl methyl sites for hydroxylation is 1. The number of halogens is 2. The largest absolute Gasteiger partial charge is 0.505 e. The third kappa shape index (κ3) is 6.20. The van der Waals surface area contributed by atoms with E-state index in [-0.39, 0.29) is 20.6 Å². The standard InChI is InChI=1S/C23H17Cl2N3O9S3/c1-12-2-5-15(6-3-12)38(30,31)28-19-11-16(39(32,33)34)8-13-9-20(40(35,36)37)22(23(29)21(13)19)27-26-18-7-4-14(24)10-17(18)25/h2-11,28-29H,1H3,(H,32,33,34)(H,35,36,37). The lowest BCUT2D eigenvalue weighted by molar-refractivity contribution is 0.472. The summed E-state index contributed by atoms with van der Waals surface area (Å²) in [4.78, 5) is -2.08.